The number of nitrogens with zero attached hydrogens (tertiary/aromatic N) is 2. The van der Waals surface area contributed by atoms with Gasteiger partial charge < -0.3 is 9.80 Å². The minimum Gasteiger partial charge on any atom is -0.300 e. The van der Waals surface area contributed by atoms with Gasteiger partial charge in [-0.1, -0.05) is 13.3 Å². The van der Waals surface area contributed by atoms with Crippen molar-refractivity contribution in [2.75, 3.05) is 39.3 Å². The van der Waals surface area contributed by atoms with Crippen molar-refractivity contribution in [2.45, 2.75) is 13.3 Å². The number of piperazine rings is 1. The van der Waals surface area contributed by atoms with E-state index in [1.807, 2.05) is 0 Å². The smallest absolute Gasteiger partial charge is 0.0110 e. The zero-order chi connectivity index (χ0) is 7.68. The van der Waals surface area contributed by atoms with Crippen molar-refractivity contribution in [1.29, 1.82) is 0 Å². The molecule has 3 heterocycles. The van der Waals surface area contributed by atoms with Crippen LogP contribution in [0.5, 0.6) is 0 Å². The molecule has 0 amide bonds. The van der Waals surface area contributed by atoms with Gasteiger partial charge in [-0.3, -0.25) is 0 Å². The van der Waals surface area contributed by atoms with Crippen molar-refractivity contribution in [3.63, 3.8) is 0 Å². The van der Waals surface area contributed by atoms with E-state index < -0.39 is 0 Å². The molecule has 0 atom stereocenters. The summed E-state index contributed by atoms with van der Waals surface area (Å²) in [6, 6.07) is 0. The van der Waals surface area contributed by atoms with Crippen molar-refractivity contribution in [3.05, 3.63) is 0 Å². The Morgan fingerprint density at radius 1 is 1.00 bits per heavy atom. The highest BCUT2D eigenvalue weighted by Crippen LogP contribution is 2.16. The van der Waals surface area contributed by atoms with E-state index in [0.29, 0.717) is 0 Å². The monoisotopic (exact) mass is 154 g/mol. The second-order valence-electron chi connectivity index (χ2n) is 3.88. The van der Waals surface area contributed by atoms with E-state index in [0.717, 1.165) is 5.92 Å². The summed E-state index contributed by atoms with van der Waals surface area (Å²) in [4.78, 5) is 5.25. The molecule has 0 aliphatic carbocycles. The third kappa shape index (κ3) is 1.57. The first-order chi connectivity index (χ1) is 5.38. The second kappa shape index (κ2) is 3.11. The third-order valence-corrected chi connectivity index (χ3v) is 3.08. The molecule has 0 N–H and O–H groups in total. The summed E-state index contributed by atoms with van der Waals surface area (Å²) >= 11 is 0. The van der Waals surface area contributed by atoms with Gasteiger partial charge in [-0.15, -0.1) is 0 Å². The van der Waals surface area contributed by atoms with Crippen LogP contribution in [-0.2, 0) is 0 Å². The molecule has 0 spiro atoms. The lowest BCUT2D eigenvalue weighted by Gasteiger charge is -2.28. The molecule has 3 aliphatic rings. The van der Waals surface area contributed by atoms with Crippen LogP contribution in [-0.4, -0.2) is 49.1 Å². The summed E-state index contributed by atoms with van der Waals surface area (Å²) in [6.45, 7) is 10.3. The zero-order valence-electron chi connectivity index (χ0n) is 7.42. The molecule has 0 unspecified atom stereocenters. The van der Waals surface area contributed by atoms with Gasteiger partial charge in [0.2, 0.25) is 0 Å². The van der Waals surface area contributed by atoms with E-state index in [2.05, 4.69) is 16.7 Å². The fourth-order valence-corrected chi connectivity index (χ4v) is 2.20. The fraction of sp³-hybridized carbons (Fsp3) is 1.00. The summed E-state index contributed by atoms with van der Waals surface area (Å²) in [6.07, 6.45) is 1.35. The highest BCUT2D eigenvalue weighted by atomic mass is 15.3. The number of fused-ring (bicyclic) bond motifs is 4. The van der Waals surface area contributed by atoms with E-state index in [1.165, 1.54) is 45.7 Å². The van der Waals surface area contributed by atoms with Gasteiger partial charge >= 0.3 is 0 Å². The minimum absolute atomic E-state index is 0.944. The largest absolute Gasteiger partial charge is 0.300 e. The van der Waals surface area contributed by atoms with Crippen molar-refractivity contribution in [3.8, 4) is 0 Å². The van der Waals surface area contributed by atoms with Gasteiger partial charge in [-0.2, -0.15) is 0 Å². The van der Waals surface area contributed by atoms with Crippen molar-refractivity contribution in [2.24, 2.45) is 5.92 Å². The predicted molar refractivity (Wildman–Crippen MR) is 46.7 cm³/mol. The fourth-order valence-electron chi connectivity index (χ4n) is 2.20. The summed E-state index contributed by atoms with van der Waals surface area (Å²) in [7, 11) is 0. The first kappa shape index (κ1) is 7.56. The Bertz CT molecular complexity index is 114. The molecular formula is C9H18N2. The molecule has 2 bridgehead atoms. The van der Waals surface area contributed by atoms with Gasteiger partial charge in [0.1, 0.15) is 0 Å². The quantitative estimate of drug-likeness (QED) is 0.547. The summed E-state index contributed by atoms with van der Waals surface area (Å²) in [5, 5.41) is 0. The van der Waals surface area contributed by atoms with Crippen molar-refractivity contribution in [1.82, 2.24) is 9.80 Å². The lowest BCUT2D eigenvalue weighted by molar-refractivity contribution is 0.181. The van der Waals surface area contributed by atoms with E-state index >= 15 is 0 Å². The van der Waals surface area contributed by atoms with Gasteiger partial charge in [0.15, 0.2) is 0 Å². The molecule has 11 heavy (non-hydrogen) atoms. The molecule has 3 rings (SSSR count). The Balaban J connectivity index is 2.00. The Morgan fingerprint density at radius 3 is 1.82 bits per heavy atom. The Kier molecular flexibility index (Phi) is 2.14. The molecule has 0 saturated carbocycles. The van der Waals surface area contributed by atoms with Crippen LogP contribution in [0.25, 0.3) is 0 Å². The van der Waals surface area contributed by atoms with Crippen LogP contribution in [0.2, 0.25) is 0 Å². The van der Waals surface area contributed by atoms with Crippen molar-refractivity contribution >= 4 is 0 Å². The highest BCUT2D eigenvalue weighted by Gasteiger charge is 2.25. The molecule has 3 fully saturated rings. The number of hydrogen-bond donors (Lipinski definition) is 0. The normalized spacial score (nSPS) is 43.9. The van der Waals surface area contributed by atoms with Crippen LogP contribution in [0.4, 0.5) is 0 Å². The lowest BCUT2D eigenvalue weighted by Crippen LogP contribution is -2.42. The van der Waals surface area contributed by atoms with Gasteiger partial charge in [-0.25, -0.2) is 0 Å². The van der Waals surface area contributed by atoms with Gasteiger partial charge in [0, 0.05) is 39.3 Å². The maximum Gasteiger partial charge on any atom is 0.0110 e. The Morgan fingerprint density at radius 2 is 1.45 bits per heavy atom. The molecule has 64 valence electrons. The maximum atomic E-state index is 2.62. The van der Waals surface area contributed by atoms with E-state index in [-0.39, 0.29) is 0 Å². The minimum atomic E-state index is 0.944. The van der Waals surface area contributed by atoms with E-state index in [4.69, 9.17) is 0 Å². The molecule has 0 aromatic rings. The van der Waals surface area contributed by atoms with Gasteiger partial charge in [0.05, 0.1) is 0 Å². The molecule has 2 nitrogen and oxygen atoms in total. The Labute approximate surface area is 69.2 Å². The van der Waals surface area contributed by atoms with Crippen LogP contribution in [0.1, 0.15) is 13.3 Å². The summed E-state index contributed by atoms with van der Waals surface area (Å²) < 4.78 is 0. The number of hydrogen-bond acceptors (Lipinski definition) is 2. The van der Waals surface area contributed by atoms with Gasteiger partial charge in [0.25, 0.3) is 0 Å². The standard InChI is InChI=1S/C9H18N2/c1-2-9-7-10-3-4-11(8-9)6-5-10/h9H,2-8H2,1H3. The van der Waals surface area contributed by atoms with Crippen LogP contribution < -0.4 is 0 Å². The third-order valence-electron chi connectivity index (χ3n) is 3.08. The molecular weight excluding hydrogens is 136 g/mol. The van der Waals surface area contributed by atoms with Crippen LogP contribution in [0.3, 0.4) is 0 Å². The average Bonchev–Trinajstić information content (AvgIpc) is 2.35. The van der Waals surface area contributed by atoms with Crippen LogP contribution >= 0.6 is 0 Å². The molecule has 3 saturated heterocycles. The lowest BCUT2D eigenvalue weighted by atomic mass is 10.1. The topological polar surface area (TPSA) is 6.48 Å². The SMILES string of the molecule is CCC1CN2CCN(CC2)C1. The second-order valence-corrected chi connectivity index (χ2v) is 3.88. The first-order valence-corrected chi connectivity index (χ1v) is 4.83. The molecule has 0 aromatic carbocycles. The number of rotatable bonds is 1. The van der Waals surface area contributed by atoms with E-state index in [1.54, 1.807) is 0 Å². The predicted octanol–water partition coefficient (Wildman–Crippen LogP) is 0.644. The molecule has 0 radical (unpaired) electrons. The van der Waals surface area contributed by atoms with Crippen LogP contribution in [0, 0.1) is 5.92 Å². The first-order valence-electron chi connectivity index (χ1n) is 4.83. The van der Waals surface area contributed by atoms with Crippen molar-refractivity contribution < 1.29 is 0 Å². The summed E-state index contributed by atoms with van der Waals surface area (Å²) in [5.41, 5.74) is 0. The summed E-state index contributed by atoms with van der Waals surface area (Å²) in [5.74, 6) is 0.944. The highest BCUT2D eigenvalue weighted by molar-refractivity contribution is 4.81. The maximum absolute atomic E-state index is 2.62. The molecule has 0 aromatic heterocycles. The zero-order valence-corrected chi connectivity index (χ0v) is 7.42. The van der Waals surface area contributed by atoms with Crippen LogP contribution in [0.15, 0.2) is 0 Å². The van der Waals surface area contributed by atoms with E-state index in [9.17, 15) is 0 Å². The van der Waals surface area contributed by atoms with Gasteiger partial charge in [-0.05, 0) is 5.92 Å². The molecule has 2 heteroatoms. The molecule has 3 aliphatic heterocycles. The average molecular weight is 154 g/mol. The Hall–Kier alpha value is -0.0800.